The third-order valence-corrected chi connectivity index (χ3v) is 4.82. The molecule has 7 nitrogen and oxygen atoms in total. The number of hydrogen-bond acceptors (Lipinski definition) is 4. The molecule has 2 heterocycles. The lowest BCUT2D eigenvalue weighted by Crippen LogP contribution is -2.45. The molecule has 1 aliphatic heterocycles. The van der Waals surface area contributed by atoms with Crippen LogP contribution in [0.3, 0.4) is 0 Å². The standard InChI is InChI=1S/C19H27ClN6O.HI/c1-3-21-19(22-12-14(2)27-17-6-4-5-16(20)11-17)26-9-7-15(8-10-26)18-23-13-24-25-18;/h4-6,11,13-15H,3,7-10,12H2,1-2H3,(H,21,22)(H,23,24,25);1H. The highest BCUT2D eigenvalue weighted by molar-refractivity contribution is 14.0. The van der Waals surface area contributed by atoms with Crippen LogP contribution in [0.5, 0.6) is 5.75 Å². The lowest BCUT2D eigenvalue weighted by atomic mass is 9.96. The molecule has 1 aromatic heterocycles. The number of benzene rings is 1. The van der Waals surface area contributed by atoms with E-state index in [1.807, 2.05) is 31.2 Å². The van der Waals surface area contributed by atoms with Gasteiger partial charge < -0.3 is 15.0 Å². The van der Waals surface area contributed by atoms with Crippen LogP contribution in [0.15, 0.2) is 35.6 Å². The average Bonchev–Trinajstić information content (AvgIpc) is 3.20. The van der Waals surface area contributed by atoms with Crippen molar-refractivity contribution in [3.8, 4) is 5.75 Å². The summed E-state index contributed by atoms with van der Waals surface area (Å²) in [6.45, 7) is 7.41. The van der Waals surface area contributed by atoms with Crippen molar-refractivity contribution in [2.24, 2.45) is 4.99 Å². The van der Waals surface area contributed by atoms with Gasteiger partial charge in [-0.1, -0.05) is 17.7 Å². The third kappa shape index (κ3) is 6.51. The smallest absolute Gasteiger partial charge is 0.194 e. The highest BCUT2D eigenvalue weighted by atomic mass is 127. The first-order valence-electron chi connectivity index (χ1n) is 9.46. The van der Waals surface area contributed by atoms with Crippen molar-refractivity contribution < 1.29 is 4.74 Å². The molecule has 1 aromatic carbocycles. The summed E-state index contributed by atoms with van der Waals surface area (Å²) in [4.78, 5) is 11.4. The average molecular weight is 519 g/mol. The Labute approximate surface area is 188 Å². The number of ether oxygens (including phenoxy) is 1. The van der Waals surface area contributed by atoms with Gasteiger partial charge in [-0.25, -0.2) is 9.98 Å². The van der Waals surface area contributed by atoms with Gasteiger partial charge in [0.25, 0.3) is 0 Å². The summed E-state index contributed by atoms with van der Waals surface area (Å²) in [5.41, 5.74) is 0. The number of aromatic nitrogens is 3. The summed E-state index contributed by atoms with van der Waals surface area (Å²) in [5, 5.41) is 11.0. The highest BCUT2D eigenvalue weighted by Gasteiger charge is 2.24. The molecule has 2 N–H and O–H groups in total. The van der Waals surface area contributed by atoms with Crippen LogP contribution in [0, 0.1) is 0 Å². The van der Waals surface area contributed by atoms with Gasteiger partial charge in [-0.05, 0) is 44.9 Å². The summed E-state index contributed by atoms with van der Waals surface area (Å²) in [7, 11) is 0. The molecule has 2 aromatic rings. The lowest BCUT2D eigenvalue weighted by molar-refractivity contribution is 0.228. The number of H-pyrrole nitrogens is 1. The fraction of sp³-hybridized carbons (Fsp3) is 0.526. The highest BCUT2D eigenvalue weighted by Crippen LogP contribution is 2.25. The number of nitrogens with zero attached hydrogens (tertiary/aromatic N) is 4. The maximum Gasteiger partial charge on any atom is 0.194 e. The van der Waals surface area contributed by atoms with Crippen LogP contribution in [0.4, 0.5) is 0 Å². The number of nitrogens with one attached hydrogen (secondary N) is 2. The van der Waals surface area contributed by atoms with E-state index in [1.54, 1.807) is 6.33 Å². The maximum absolute atomic E-state index is 6.01. The Morgan fingerprint density at radius 1 is 1.43 bits per heavy atom. The SMILES string of the molecule is CCNC(=NCC(C)Oc1cccc(Cl)c1)N1CCC(c2ncn[nH]2)CC1.I. The zero-order valence-corrected chi connectivity index (χ0v) is 19.4. The minimum Gasteiger partial charge on any atom is -0.489 e. The summed E-state index contributed by atoms with van der Waals surface area (Å²) < 4.78 is 5.92. The Bertz CT molecular complexity index is 734. The Balaban J connectivity index is 0.00000280. The van der Waals surface area contributed by atoms with Crippen molar-refractivity contribution in [1.82, 2.24) is 25.4 Å². The second kappa shape index (κ2) is 11.5. The number of hydrogen-bond donors (Lipinski definition) is 2. The van der Waals surface area contributed by atoms with Gasteiger partial charge in [0.05, 0.1) is 6.54 Å². The van der Waals surface area contributed by atoms with Crippen molar-refractivity contribution in [3.05, 3.63) is 41.4 Å². The van der Waals surface area contributed by atoms with E-state index in [4.69, 9.17) is 21.3 Å². The minimum absolute atomic E-state index is 0. The van der Waals surface area contributed by atoms with Gasteiger partial charge in [0.2, 0.25) is 0 Å². The first kappa shape index (κ1) is 22.7. The van der Waals surface area contributed by atoms with E-state index in [1.165, 1.54) is 0 Å². The van der Waals surface area contributed by atoms with Crippen molar-refractivity contribution in [2.45, 2.75) is 38.7 Å². The van der Waals surface area contributed by atoms with Crippen molar-refractivity contribution in [2.75, 3.05) is 26.2 Å². The topological polar surface area (TPSA) is 78.4 Å². The molecule has 0 amide bonds. The van der Waals surface area contributed by atoms with E-state index in [9.17, 15) is 0 Å². The predicted octanol–water partition coefficient (Wildman–Crippen LogP) is 3.69. The maximum atomic E-state index is 6.01. The zero-order valence-electron chi connectivity index (χ0n) is 16.3. The van der Waals surface area contributed by atoms with Gasteiger partial charge in [0, 0.05) is 30.6 Å². The fourth-order valence-electron chi connectivity index (χ4n) is 3.23. The third-order valence-electron chi connectivity index (χ3n) is 4.58. The summed E-state index contributed by atoms with van der Waals surface area (Å²) in [6, 6.07) is 7.45. The Morgan fingerprint density at radius 2 is 2.21 bits per heavy atom. The van der Waals surface area contributed by atoms with E-state index < -0.39 is 0 Å². The number of aliphatic imine (C=N–C) groups is 1. The van der Waals surface area contributed by atoms with Crippen LogP contribution in [-0.4, -0.2) is 58.3 Å². The molecule has 1 saturated heterocycles. The van der Waals surface area contributed by atoms with Gasteiger partial charge in [-0.3, -0.25) is 5.10 Å². The molecule has 1 atom stereocenters. The van der Waals surface area contributed by atoms with E-state index in [0.717, 1.165) is 50.0 Å². The Hall–Kier alpha value is -1.55. The van der Waals surface area contributed by atoms with E-state index in [0.29, 0.717) is 17.5 Å². The molecule has 1 unspecified atom stereocenters. The summed E-state index contributed by atoms with van der Waals surface area (Å²) in [5.74, 6) is 3.13. The number of halogens is 2. The van der Waals surface area contributed by atoms with Crippen LogP contribution in [-0.2, 0) is 0 Å². The van der Waals surface area contributed by atoms with Crippen LogP contribution in [0.2, 0.25) is 5.02 Å². The molecule has 0 spiro atoms. The summed E-state index contributed by atoms with van der Waals surface area (Å²) >= 11 is 6.01. The molecule has 28 heavy (non-hydrogen) atoms. The van der Waals surface area contributed by atoms with Gasteiger partial charge in [0.1, 0.15) is 24.0 Å². The number of guanidine groups is 1. The zero-order chi connectivity index (χ0) is 19.1. The molecule has 3 rings (SSSR count). The van der Waals surface area contributed by atoms with Crippen molar-refractivity contribution in [1.29, 1.82) is 0 Å². The normalized spacial score (nSPS) is 16.4. The summed E-state index contributed by atoms with van der Waals surface area (Å²) in [6.07, 6.45) is 3.61. The molecule has 0 radical (unpaired) electrons. The first-order chi connectivity index (χ1) is 13.2. The number of rotatable bonds is 6. The fourth-order valence-corrected chi connectivity index (χ4v) is 3.41. The molecule has 0 saturated carbocycles. The van der Waals surface area contributed by atoms with Gasteiger partial charge in [-0.15, -0.1) is 24.0 Å². The quantitative estimate of drug-likeness (QED) is 0.346. The second-order valence-corrected chi connectivity index (χ2v) is 7.15. The van der Waals surface area contributed by atoms with E-state index in [-0.39, 0.29) is 30.1 Å². The predicted molar refractivity (Wildman–Crippen MR) is 123 cm³/mol. The Kier molecular flexibility index (Phi) is 9.30. The van der Waals surface area contributed by atoms with Crippen LogP contribution in [0.1, 0.15) is 38.4 Å². The molecule has 154 valence electrons. The van der Waals surface area contributed by atoms with Gasteiger partial charge >= 0.3 is 0 Å². The Morgan fingerprint density at radius 3 is 2.86 bits per heavy atom. The molecular formula is C19H28ClIN6O. The van der Waals surface area contributed by atoms with Gasteiger partial charge in [-0.2, -0.15) is 5.10 Å². The molecular weight excluding hydrogens is 491 g/mol. The monoisotopic (exact) mass is 518 g/mol. The van der Waals surface area contributed by atoms with Gasteiger partial charge in [0.15, 0.2) is 5.96 Å². The van der Waals surface area contributed by atoms with Crippen LogP contribution >= 0.6 is 35.6 Å². The largest absolute Gasteiger partial charge is 0.489 e. The number of likely N-dealkylation sites (tertiary alicyclic amines) is 1. The molecule has 1 fully saturated rings. The molecule has 9 heteroatoms. The molecule has 1 aliphatic rings. The second-order valence-electron chi connectivity index (χ2n) is 6.71. The van der Waals surface area contributed by atoms with Crippen molar-refractivity contribution >= 4 is 41.5 Å². The van der Waals surface area contributed by atoms with Crippen LogP contribution in [0.25, 0.3) is 0 Å². The van der Waals surface area contributed by atoms with Crippen molar-refractivity contribution in [3.63, 3.8) is 0 Å². The van der Waals surface area contributed by atoms with E-state index >= 15 is 0 Å². The molecule has 0 aliphatic carbocycles. The lowest BCUT2D eigenvalue weighted by Gasteiger charge is -2.33. The minimum atomic E-state index is -0.0381. The van der Waals surface area contributed by atoms with Crippen LogP contribution < -0.4 is 10.1 Å². The molecule has 0 bridgehead atoms. The first-order valence-corrected chi connectivity index (χ1v) is 9.84. The van der Waals surface area contributed by atoms with E-state index in [2.05, 4.69) is 32.3 Å². The number of aromatic amines is 1. The number of piperidine rings is 1.